The Morgan fingerprint density at radius 3 is 1.61 bits per heavy atom. The van der Waals surface area contributed by atoms with Crippen molar-refractivity contribution in [2.24, 2.45) is 0 Å². The van der Waals surface area contributed by atoms with Gasteiger partial charge in [0.25, 0.3) is 6.71 Å². The Morgan fingerprint density at radius 1 is 0.446 bits per heavy atom. The van der Waals surface area contributed by atoms with Crippen molar-refractivity contribution in [1.82, 2.24) is 0 Å². The lowest BCUT2D eigenvalue weighted by molar-refractivity contribution is 0.282. The van der Waals surface area contributed by atoms with Gasteiger partial charge in [0.2, 0.25) is 0 Å². The summed E-state index contributed by atoms with van der Waals surface area (Å²) in [6.07, 6.45) is 9.27. The van der Waals surface area contributed by atoms with Gasteiger partial charge < -0.3 is 14.2 Å². The van der Waals surface area contributed by atoms with Gasteiger partial charge in [0.05, 0.1) is 22.7 Å². The third-order valence-corrected chi connectivity index (χ3v) is 21.5. The molecular weight excluding hydrogens is 896 g/mol. The van der Waals surface area contributed by atoms with E-state index in [0.29, 0.717) is 0 Å². The van der Waals surface area contributed by atoms with Crippen LogP contribution in [0.1, 0.15) is 237 Å². The molecule has 7 aliphatic rings. The van der Waals surface area contributed by atoms with Crippen LogP contribution >= 0.6 is 0 Å². The highest BCUT2D eigenvalue weighted by atomic mass is 16.3. The molecule has 0 radical (unpaired) electrons. The molecule has 0 saturated heterocycles. The Hall–Kier alpha value is -4.96. The fourth-order valence-electron chi connectivity index (χ4n) is 16.1. The SMILES string of the molecule is Cc1cc2c3c(c1)N1c4cc5c(cc4C4(C)CCC(C)(C)c6ccc(c1c64)B3c1oc3c(c1N2c1ccc(C(C)(C)C)cc1-c1ccc2c(c1)C(C)(C)CCC2(C)C)C(C)(C)CCC3(C)C)C(C)(C)CCC5(C)C. The average Bonchev–Trinajstić information content (AvgIpc) is 3.74. The first kappa shape index (κ1) is 48.7. The van der Waals surface area contributed by atoms with Gasteiger partial charge in [-0.25, -0.2) is 0 Å². The molecule has 6 aromatic rings. The van der Waals surface area contributed by atoms with Crippen LogP contribution in [0.3, 0.4) is 0 Å². The first-order chi connectivity index (χ1) is 34.3. The number of furan rings is 1. The zero-order chi connectivity index (χ0) is 52.8. The molecular formula is C70H85BN2O. The molecule has 3 aliphatic heterocycles. The fourth-order valence-corrected chi connectivity index (χ4v) is 16.1. The van der Waals surface area contributed by atoms with E-state index in [9.17, 15) is 0 Å². The quantitative estimate of drug-likeness (QED) is 0.161. The lowest BCUT2D eigenvalue weighted by atomic mass is 9.34. The Bertz CT molecular complexity index is 3470. The summed E-state index contributed by atoms with van der Waals surface area (Å²) in [5.41, 5.74) is 29.2. The highest BCUT2D eigenvalue weighted by Gasteiger charge is 2.57. The van der Waals surface area contributed by atoms with E-state index in [1.807, 2.05) is 0 Å². The second kappa shape index (κ2) is 14.5. The maximum atomic E-state index is 7.94. The second-order valence-corrected chi connectivity index (χ2v) is 30.9. The van der Waals surface area contributed by atoms with Crippen LogP contribution < -0.4 is 26.4 Å². The molecule has 4 heterocycles. The Labute approximate surface area is 446 Å². The van der Waals surface area contributed by atoms with Crippen LogP contribution in [0.5, 0.6) is 0 Å². The lowest BCUT2D eigenvalue weighted by Crippen LogP contribution is -2.62. The predicted octanol–water partition coefficient (Wildman–Crippen LogP) is 17.4. The topological polar surface area (TPSA) is 19.6 Å². The van der Waals surface area contributed by atoms with Gasteiger partial charge in [-0.3, -0.25) is 0 Å². The molecule has 384 valence electrons. The van der Waals surface area contributed by atoms with Crippen molar-refractivity contribution in [1.29, 1.82) is 0 Å². The third-order valence-electron chi connectivity index (χ3n) is 21.5. The van der Waals surface area contributed by atoms with Crippen molar-refractivity contribution in [3.8, 4) is 11.1 Å². The molecule has 0 saturated carbocycles. The first-order valence-electron chi connectivity index (χ1n) is 28.9. The molecule has 0 bridgehead atoms. The zero-order valence-electron chi connectivity index (χ0n) is 49.0. The molecule has 5 aromatic carbocycles. The number of hydrogen-bond donors (Lipinski definition) is 0. The molecule has 0 N–H and O–H groups in total. The lowest BCUT2D eigenvalue weighted by Gasteiger charge is -2.55. The molecule has 0 fully saturated rings. The highest BCUT2D eigenvalue weighted by Crippen LogP contribution is 2.64. The zero-order valence-corrected chi connectivity index (χ0v) is 49.0. The summed E-state index contributed by atoms with van der Waals surface area (Å²) in [7, 11) is 0. The first-order valence-corrected chi connectivity index (χ1v) is 28.9. The van der Waals surface area contributed by atoms with Crippen LogP contribution in [0.15, 0.2) is 77.2 Å². The van der Waals surface area contributed by atoms with Gasteiger partial charge in [0.15, 0.2) is 0 Å². The van der Waals surface area contributed by atoms with Crippen LogP contribution in [0.2, 0.25) is 0 Å². The maximum absolute atomic E-state index is 7.94. The van der Waals surface area contributed by atoms with E-state index in [-0.39, 0.29) is 55.4 Å². The number of nitrogens with zero attached hydrogens (tertiary/aromatic N) is 2. The molecule has 13 rings (SSSR count). The minimum Gasteiger partial charge on any atom is -0.472 e. The largest absolute Gasteiger partial charge is 0.472 e. The van der Waals surface area contributed by atoms with Crippen molar-refractivity contribution >= 4 is 57.4 Å². The molecule has 4 aliphatic carbocycles. The van der Waals surface area contributed by atoms with Gasteiger partial charge in [0, 0.05) is 39.0 Å². The molecule has 74 heavy (non-hydrogen) atoms. The Kier molecular flexibility index (Phi) is 9.56. The van der Waals surface area contributed by atoms with E-state index in [1.165, 1.54) is 132 Å². The minimum absolute atomic E-state index is 0.0409. The van der Waals surface area contributed by atoms with Gasteiger partial charge in [-0.05, 0) is 193 Å². The van der Waals surface area contributed by atoms with Crippen LogP contribution in [-0.2, 0) is 48.7 Å². The van der Waals surface area contributed by atoms with Gasteiger partial charge in [0.1, 0.15) is 5.76 Å². The Balaban J connectivity index is 1.17. The second-order valence-electron chi connectivity index (χ2n) is 30.9. The number of benzene rings is 5. The summed E-state index contributed by atoms with van der Waals surface area (Å²) in [5, 5.41) is 0. The predicted molar refractivity (Wildman–Crippen MR) is 316 cm³/mol. The fraction of sp³-hybridized carbons (Fsp3) is 0.514. The highest BCUT2D eigenvalue weighted by molar-refractivity contribution is 6.99. The summed E-state index contributed by atoms with van der Waals surface area (Å²) in [5.74, 6) is 1.18. The summed E-state index contributed by atoms with van der Waals surface area (Å²) in [6.45, 7) is 46.8. The minimum atomic E-state index is -0.142. The van der Waals surface area contributed by atoms with Crippen molar-refractivity contribution in [2.75, 3.05) is 9.80 Å². The van der Waals surface area contributed by atoms with E-state index in [1.54, 1.807) is 11.1 Å². The third kappa shape index (κ3) is 6.38. The molecule has 1 aromatic heterocycles. The molecule has 0 amide bonds. The van der Waals surface area contributed by atoms with Crippen molar-refractivity contribution in [2.45, 2.75) is 232 Å². The summed E-state index contributed by atoms with van der Waals surface area (Å²) >= 11 is 0. The summed E-state index contributed by atoms with van der Waals surface area (Å²) in [6, 6.07) is 30.8. The molecule has 4 heteroatoms. The normalized spacial score (nSPS) is 23.9. The van der Waals surface area contributed by atoms with Gasteiger partial charge in [-0.15, -0.1) is 0 Å². The smallest absolute Gasteiger partial charge is 0.297 e. The van der Waals surface area contributed by atoms with Gasteiger partial charge >= 0.3 is 0 Å². The molecule has 0 spiro atoms. The number of hydrogen-bond acceptors (Lipinski definition) is 3. The van der Waals surface area contributed by atoms with Crippen molar-refractivity contribution in [3.63, 3.8) is 0 Å². The summed E-state index contributed by atoms with van der Waals surface area (Å²) in [4.78, 5) is 5.56. The van der Waals surface area contributed by atoms with Crippen molar-refractivity contribution in [3.05, 3.63) is 134 Å². The van der Waals surface area contributed by atoms with Crippen LogP contribution in [0.4, 0.5) is 34.1 Å². The average molecular weight is 981 g/mol. The number of anilines is 6. The number of aryl methyl sites for hydroxylation is 1. The number of fused-ring (bicyclic) bond motifs is 11. The van der Waals surface area contributed by atoms with Crippen LogP contribution in [0, 0.1) is 6.92 Å². The van der Waals surface area contributed by atoms with E-state index in [4.69, 9.17) is 4.42 Å². The standard InChI is InChI=1S/C70H85BN2O/c1-40-34-53-57-54(35-40)73-52-39-48-47(66(11,12)28-29-67(48,13)14)38-49(52)70(19)33-32-64(7,8)45-23-24-50(58(73)55(45)70)71(57)61-59(56-60(74-61)69(17,18)31-30-68(56,15)16)72(53)51-25-21-42(62(2,3)4)37-43(51)41-20-22-44-46(36-41)65(9,10)27-26-63(44,5)6/h20-25,34-39H,26-33H2,1-19H3. The molecule has 3 nitrogen and oxygen atoms in total. The van der Waals surface area contributed by atoms with Crippen molar-refractivity contribution < 1.29 is 4.42 Å². The monoisotopic (exact) mass is 981 g/mol. The van der Waals surface area contributed by atoms with E-state index in [2.05, 4.69) is 214 Å². The van der Waals surface area contributed by atoms with E-state index >= 15 is 0 Å². The van der Waals surface area contributed by atoms with E-state index < -0.39 is 0 Å². The van der Waals surface area contributed by atoms with Crippen LogP contribution in [-0.4, -0.2) is 6.71 Å². The van der Waals surface area contributed by atoms with Gasteiger partial charge in [-0.2, -0.15) is 0 Å². The maximum Gasteiger partial charge on any atom is 0.297 e. The molecule has 1 atom stereocenters. The van der Waals surface area contributed by atoms with E-state index in [0.717, 1.165) is 31.3 Å². The Morgan fingerprint density at radius 2 is 0.973 bits per heavy atom. The molecule has 1 unspecified atom stereocenters. The number of rotatable bonds is 2. The van der Waals surface area contributed by atoms with Crippen LogP contribution in [0.25, 0.3) is 11.1 Å². The van der Waals surface area contributed by atoms with Gasteiger partial charge in [-0.1, -0.05) is 167 Å². The summed E-state index contributed by atoms with van der Waals surface area (Å²) < 4.78 is 7.94.